The molecule has 100 valence electrons. The molecule has 1 unspecified atom stereocenters. The molecule has 2 rings (SSSR count). The maximum absolute atomic E-state index is 13.0. The van der Waals surface area contributed by atoms with E-state index in [1.807, 2.05) is 12.1 Å². The lowest BCUT2D eigenvalue weighted by atomic mass is 10.1. The minimum atomic E-state index is -0.238. The van der Waals surface area contributed by atoms with Gasteiger partial charge >= 0.3 is 0 Å². The molecule has 0 saturated heterocycles. The van der Waals surface area contributed by atoms with Gasteiger partial charge in [-0.3, -0.25) is 0 Å². The SMILES string of the molecule is CC(Cc1ccc(Br)cc1)Nc1ccc(F)cc1Br. The second-order valence-corrected chi connectivity index (χ2v) is 6.27. The van der Waals surface area contributed by atoms with Gasteiger partial charge in [-0.05, 0) is 65.2 Å². The Labute approximate surface area is 129 Å². The minimum absolute atomic E-state index is 0.238. The van der Waals surface area contributed by atoms with Crippen LogP contribution in [0.3, 0.4) is 0 Å². The molecule has 19 heavy (non-hydrogen) atoms. The van der Waals surface area contributed by atoms with Crippen molar-refractivity contribution in [2.24, 2.45) is 0 Å². The molecule has 0 fully saturated rings. The van der Waals surface area contributed by atoms with Crippen LogP contribution in [0.25, 0.3) is 0 Å². The van der Waals surface area contributed by atoms with Gasteiger partial charge in [0.25, 0.3) is 0 Å². The van der Waals surface area contributed by atoms with Crippen LogP contribution < -0.4 is 5.32 Å². The van der Waals surface area contributed by atoms with Gasteiger partial charge in [-0.2, -0.15) is 0 Å². The third-order valence-electron chi connectivity index (χ3n) is 2.79. The summed E-state index contributed by atoms with van der Waals surface area (Å²) in [5.74, 6) is -0.238. The molecule has 2 aromatic rings. The van der Waals surface area contributed by atoms with E-state index in [0.717, 1.165) is 21.1 Å². The Kier molecular flexibility index (Phi) is 4.99. The summed E-state index contributed by atoms with van der Waals surface area (Å²) in [6.07, 6.45) is 0.914. The van der Waals surface area contributed by atoms with E-state index in [-0.39, 0.29) is 11.9 Å². The van der Waals surface area contributed by atoms with Gasteiger partial charge in [0, 0.05) is 20.7 Å². The Balaban J connectivity index is 2.01. The first-order valence-electron chi connectivity index (χ1n) is 6.00. The van der Waals surface area contributed by atoms with Crippen molar-refractivity contribution >= 4 is 37.5 Å². The van der Waals surface area contributed by atoms with Gasteiger partial charge in [0.1, 0.15) is 5.82 Å². The maximum Gasteiger partial charge on any atom is 0.124 e. The summed E-state index contributed by atoms with van der Waals surface area (Å²) in [7, 11) is 0. The van der Waals surface area contributed by atoms with E-state index in [2.05, 4.69) is 56.2 Å². The molecule has 0 heterocycles. The third-order valence-corrected chi connectivity index (χ3v) is 3.97. The molecule has 1 N–H and O–H groups in total. The molecule has 1 nitrogen and oxygen atoms in total. The number of nitrogens with one attached hydrogen (secondary N) is 1. The summed E-state index contributed by atoms with van der Waals surface area (Å²) in [5, 5.41) is 3.38. The van der Waals surface area contributed by atoms with Crippen molar-refractivity contribution in [3.8, 4) is 0 Å². The van der Waals surface area contributed by atoms with Crippen molar-refractivity contribution in [2.75, 3.05) is 5.32 Å². The van der Waals surface area contributed by atoms with Gasteiger partial charge in [-0.15, -0.1) is 0 Å². The van der Waals surface area contributed by atoms with Gasteiger partial charge < -0.3 is 5.32 Å². The van der Waals surface area contributed by atoms with E-state index < -0.39 is 0 Å². The summed E-state index contributed by atoms with van der Waals surface area (Å²) in [4.78, 5) is 0. The molecule has 0 spiro atoms. The number of halogens is 3. The Morgan fingerprint density at radius 2 is 1.79 bits per heavy atom. The van der Waals surface area contributed by atoms with Gasteiger partial charge in [0.15, 0.2) is 0 Å². The number of benzene rings is 2. The molecule has 1 atom stereocenters. The quantitative estimate of drug-likeness (QED) is 0.742. The molecule has 0 radical (unpaired) electrons. The van der Waals surface area contributed by atoms with Crippen LogP contribution in [-0.4, -0.2) is 6.04 Å². The standard InChI is InChI=1S/C15H14Br2FN/c1-10(8-11-2-4-12(16)5-3-11)19-15-7-6-13(18)9-14(15)17/h2-7,9-10,19H,8H2,1H3. The fourth-order valence-electron chi connectivity index (χ4n) is 1.90. The van der Waals surface area contributed by atoms with E-state index in [1.165, 1.54) is 17.7 Å². The highest BCUT2D eigenvalue weighted by molar-refractivity contribution is 9.10. The van der Waals surface area contributed by atoms with Crippen LogP contribution in [0, 0.1) is 5.82 Å². The maximum atomic E-state index is 13.0. The van der Waals surface area contributed by atoms with E-state index >= 15 is 0 Å². The van der Waals surface area contributed by atoms with Crippen LogP contribution in [0.5, 0.6) is 0 Å². The Morgan fingerprint density at radius 3 is 2.42 bits per heavy atom. The average molecular weight is 387 g/mol. The Bertz CT molecular complexity index is 555. The normalized spacial score (nSPS) is 12.2. The zero-order valence-electron chi connectivity index (χ0n) is 10.5. The summed E-state index contributed by atoms with van der Waals surface area (Å²) < 4.78 is 14.8. The molecule has 0 amide bonds. The zero-order valence-corrected chi connectivity index (χ0v) is 13.6. The second kappa shape index (κ2) is 6.53. The molecule has 0 aliphatic heterocycles. The lowest BCUT2D eigenvalue weighted by Gasteiger charge is -2.16. The van der Waals surface area contributed by atoms with Gasteiger partial charge in [0.05, 0.1) is 0 Å². The molecular weight excluding hydrogens is 373 g/mol. The van der Waals surface area contributed by atoms with E-state index in [1.54, 1.807) is 6.07 Å². The van der Waals surface area contributed by atoms with Crippen molar-refractivity contribution in [1.29, 1.82) is 0 Å². The minimum Gasteiger partial charge on any atom is -0.381 e. The van der Waals surface area contributed by atoms with Crippen LogP contribution in [0.2, 0.25) is 0 Å². The Hall–Kier alpha value is -0.870. The number of anilines is 1. The predicted octanol–water partition coefficient (Wildman–Crippen LogP) is 5.39. The van der Waals surface area contributed by atoms with Crippen LogP contribution in [0.1, 0.15) is 12.5 Å². The smallest absolute Gasteiger partial charge is 0.124 e. The fraction of sp³-hybridized carbons (Fsp3) is 0.200. The zero-order chi connectivity index (χ0) is 13.8. The first-order chi connectivity index (χ1) is 9.04. The van der Waals surface area contributed by atoms with Crippen molar-refractivity contribution in [3.63, 3.8) is 0 Å². The van der Waals surface area contributed by atoms with E-state index in [0.29, 0.717) is 0 Å². The molecular formula is C15H14Br2FN. The second-order valence-electron chi connectivity index (χ2n) is 4.50. The highest BCUT2D eigenvalue weighted by Gasteiger charge is 2.07. The van der Waals surface area contributed by atoms with Crippen molar-refractivity contribution in [3.05, 3.63) is 62.8 Å². The largest absolute Gasteiger partial charge is 0.381 e. The van der Waals surface area contributed by atoms with Gasteiger partial charge in [-0.1, -0.05) is 28.1 Å². The summed E-state index contributed by atoms with van der Waals surface area (Å²) >= 11 is 6.79. The van der Waals surface area contributed by atoms with E-state index in [4.69, 9.17) is 0 Å². The predicted molar refractivity (Wildman–Crippen MR) is 85.0 cm³/mol. The summed E-state index contributed by atoms with van der Waals surface area (Å²) in [5.41, 5.74) is 2.17. The molecule has 0 saturated carbocycles. The third kappa shape index (κ3) is 4.32. The lowest BCUT2D eigenvalue weighted by molar-refractivity contribution is 0.627. The van der Waals surface area contributed by atoms with Crippen molar-refractivity contribution in [2.45, 2.75) is 19.4 Å². The molecule has 0 bridgehead atoms. The van der Waals surface area contributed by atoms with Gasteiger partial charge in [0.2, 0.25) is 0 Å². The lowest BCUT2D eigenvalue weighted by Crippen LogP contribution is -2.18. The number of hydrogen-bond acceptors (Lipinski definition) is 1. The highest BCUT2D eigenvalue weighted by Crippen LogP contribution is 2.24. The van der Waals surface area contributed by atoms with Crippen LogP contribution in [-0.2, 0) is 6.42 Å². The average Bonchev–Trinajstić information content (AvgIpc) is 2.36. The van der Waals surface area contributed by atoms with Crippen LogP contribution in [0.4, 0.5) is 10.1 Å². The topological polar surface area (TPSA) is 12.0 Å². The summed E-state index contributed by atoms with van der Waals surface area (Å²) in [6, 6.07) is 13.2. The summed E-state index contributed by atoms with van der Waals surface area (Å²) in [6.45, 7) is 2.11. The fourth-order valence-corrected chi connectivity index (χ4v) is 2.63. The molecule has 2 aromatic carbocycles. The molecule has 0 aliphatic carbocycles. The first kappa shape index (κ1) is 14.5. The van der Waals surface area contributed by atoms with Crippen LogP contribution >= 0.6 is 31.9 Å². The van der Waals surface area contributed by atoms with Crippen molar-refractivity contribution < 1.29 is 4.39 Å². The monoisotopic (exact) mass is 385 g/mol. The molecule has 0 aromatic heterocycles. The Morgan fingerprint density at radius 1 is 1.11 bits per heavy atom. The van der Waals surface area contributed by atoms with E-state index in [9.17, 15) is 4.39 Å². The number of hydrogen-bond donors (Lipinski definition) is 1. The number of rotatable bonds is 4. The van der Waals surface area contributed by atoms with Crippen LogP contribution in [0.15, 0.2) is 51.4 Å². The molecule has 0 aliphatic rings. The van der Waals surface area contributed by atoms with Crippen molar-refractivity contribution in [1.82, 2.24) is 0 Å². The van der Waals surface area contributed by atoms with Gasteiger partial charge in [-0.25, -0.2) is 4.39 Å². The molecule has 4 heteroatoms. The highest BCUT2D eigenvalue weighted by atomic mass is 79.9. The first-order valence-corrected chi connectivity index (χ1v) is 7.59.